The van der Waals surface area contributed by atoms with Crippen LogP contribution in [0.5, 0.6) is 0 Å². The second-order valence-corrected chi connectivity index (χ2v) is 15.1. The highest BCUT2D eigenvalue weighted by Crippen LogP contribution is 2.19. The van der Waals surface area contributed by atoms with Gasteiger partial charge in [0.05, 0.1) is 19.8 Å². The molecule has 0 spiro atoms. The number of rotatable bonds is 17. The van der Waals surface area contributed by atoms with Gasteiger partial charge in [-0.25, -0.2) is 28.0 Å². The van der Waals surface area contributed by atoms with Gasteiger partial charge in [-0.15, -0.1) is 0 Å². The second kappa shape index (κ2) is 23.1. The second-order valence-electron chi connectivity index (χ2n) is 15.1. The van der Waals surface area contributed by atoms with Crippen LogP contribution in [0.2, 0.25) is 0 Å². The fourth-order valence-electron chi connectivity index (χ4n) is 4.24. The molecule has 0 bridgehead atoms. The van der Waals surface area contributed by atoms with E-state index in [0.29, 0.717) is 19.4 Å². The lowest BCUT2D eigenvalue weighted by atomic mass is 10.0. The minimum absolute atomic E-state index is 0.0678. The number of carbonyl (C=O) groups excluding carboxylic acids is 4. The molecule has 12 nitrogen and oxygen atoms in total. The molecule has 1 rings (SSSR count). The summed E-state index contributed by atoms with van der Waals surface area (Å²) in [6, 6.07) is 7.69. The molecule has 2 amide bonds. The largest absolute Gasteiger partial charge is 0.456 e. The molecule has 0 aliphatic carbocycles. The molecule has 0 aliphatic rings. The number of ether oxygens (including phenoxy) is 5. The third-order valence-corrected chi connectivity index (χ3v) is 6.76. The standard InChI is InChI=1S/C22H34FNO5.C15H28FNO5/c1-16(2)12-19(24(6)21(26)29-22(3,4)5)20(25)28-18(13-23)15-27-14-17-10-8-7-9-11-17;1-10(2)7-12(13(19)21-11(8-16)9-18)17(6)14(20)22-15(3,4)5/h7-11,16,18-19H,12-15H2,1-6H3;10-12,18H,7-9H2,1-6H3/t18-,19+;11-,12+/m11/s1. The van der Waals surface area contributed by atoms with Crippen LogP contribution in [0, 0.1) is 11.8 Å². The van der Waals surface area contributed by atoms with E-state index >= 15 is 0 Å². The first-order valence-corrected chi connectivity index (χ1v) is 17.2. The van der Waals surface area contributed by atoms with E-state index in [1.165, 1.54) is 19.0 Å². The van der Waals surface area contributed by atoms with Crippen LogP contribution in [0.15, 0.2) is 30.3 Å². The van der Waals surface area contributed by atoms with Gasteiger partial charge in [-0.3, -0.25) is 9.80 Å². The number of halogens is 2. The average molecular weight is 733 g/mol. The maximum atomic E-state index is 13.4. The number of hydrogen-bond donors (Lipinski definition) is 1. The molecule has 1 N–H and O–H groups in total. The number of carbonyl (C=O) groups is 4. The van der Waals surface area contributed by atoms with Crippen LogP contribution in [0.25, 0.3) is 0 Å². The van der Waals surface area contributed by atoms with Crippen molar-refractivity contribution < 1.29 is 56.7 Å². The van der Waals surface area contributed by atoms with Crippen LogP contribution in [0.3, 0.4) is 0 Å². The Hall–Kier alpha value is -3.52. The Kier molecular flexibility index (Phi) is 21.5. The zero-order valence-electron chi connectivity index (χ0n) is 32.6. The number of nitrogens with zero attached hydrogens (tertiary/aromatic N) is 2. The number of hydrogen-bond acceptors (Lipinski definition) is 10. The van der Waals surface area contributed by atoms with Gasteiger partial charge in [0.2, 0.25) is 0 Å². The van der Waals surface area contributed by atoms with Crippen molar-refractivity contribution in [3.63, 3.8) is 0 Å². The first kappa shape index (κ1) is 47.5. The summed E-state index contributed by atoms with van der Waals surface area (Å²) in [5.74, 6) is -1.19. The predicted octanol–water partition coefficient (Wildman–Crippen LogP) is 6.51. The first-order valence-electron chi connectivity index (χ1n) is 17.2. The Labute approximate surface area is 303 Å². The summed E-state index contributed by atoms with van der Waals surface area (Å²) in [6.45, 7) is 15.8. The summed E-state index contributed by atoms with van der Waals surface area (Å²) in [5, 5.41) is 8.92. The van der Waals surface area contributed by atoms with E-state index in [-0.39, 0.29) is 18.4 Å². The summed E-state index contributed by atoms with van der Waals surface area (Å²) < 4.78 is 52.2. The molecule has 4 atom stereocenters. The number of esters is 2. The van der Waals surface area contributed by atoms with Gasteiger partial charge in [-0.05, 0) is 71.8 Å². The van der Waals surface area contributed by atoms with Crippen LogP contribution in [0.1, 0.15) is 87.6 Å². The molecular weight excluding hydrogens is 670 g/mol. The molecule has 0 aromatic heterocycles. The van der Waals surface area contributed by atoms with E-state index in [2.05, 4.69) is 0 Å². The number of aliphatic hydroxyl groups is 1. The fraction of sp³-hybridized carbons (Fsp3) is 0.730. The third-order valence-electron chi connectivity index (χ3n) is 6.76. The van der Waals surface area contributed by atoms with Crippen molar-refractivity contribution in [3.8, 4) is 0 Å². The third kappa shape index (κ3) is 20.8. The van der Waals surface area contributed by atoms with Crippen LogP contribution in [-0.2, 0) is 39.9 Å². The molecule has 0 heterocycles. The van der Waals surface area contributed by atoms with Gasteiger partial charge in [0, 0.05) is 14.1 Å². The van der Waals surface area contributed by atoms with Crippen molar-refractivity contribution in [1.29, 1.82) is 0 Å². The molecule has 1 aromatic rings. The molecule has 0 aliphatic heterocycles. The highest BCUT2D eigenvalue weighted by atomic mass is 19.1. The van der Waals surface area contributed by atoms with Gasteiger partial charge in [0.25, 0.3) is 0 Å². The molecule has 0 unspecified atom stereocenters. The molecule has 0 fully saturated rings. The van der Waals surface area contributed by atoms with Crippen molar-refractivity contribution in [2.45, 2.75) is 124 Å². The molecule has 0 saturated heterocycles. The quantitative estimate of drug-likeness (QED) is 0.139. The van der Waals surface area contributed by atoms with Crippen molar-refractivity contribution in [3.05, 3.63) is 35.9 Å². The van der Waals surface area contributed by atoms with Crippen molar-refractivity contribution >= 4 is 24.1 Å². The molecule has 14 heteroatoms. The predicted molar refractivity (Wildman–Crippen MR) is 189 cm³/mol. The van der Waals surface area contributed by atoms with Gasteiger partial charge >= 0.3 is 24.1 Å². The number of amides is 2. The Morgan fingerprint density at radius 1 is 0.706 bits per heavy atom. The lowest BCUT2D eigenvalue weighted by Crippen LogP contribution is -2.47. The van der Waals surface area contributed by atoms with E-state index in [1.807, 2.05) is 58.0 Å². The monoisotopic (exact) mass is 732 g/mol. The van der Waals surface area contributed by atoms with Gasteiger partial charge in [-0.1, -0.05) is 58.0 Å². The van der Waals surface area contributed by atoms with Crippen molar-refractivity contribution in [1.82, 2.24) is 9.80 Å². The lowest BCUT2D eigenvalue weighted by molar-refractivity contribution is -0.160. The van der Waals surface area contributed by atoms with Gasteiger partial charge < -0.3 is 28.8 Å². The Balaban J connectivity index is 0.00000102. The summed E-state index contributed by atoms with van der Waals surface area (Å²) in [4.78, 5) is 51.7. The molecule has 51 heavy (non-hydrogen) atoms. The number of alkyl halides is 2. The Morgan fingerprint density at radius 3 is 1.43 bits per heavy atom. The van der Waals surface area contributed by atoms with Crippen molar-refractivity contribution in [2.24, 2.45) is 11.8 Å². The topological polar surface area (TPSA) is 141 Å². The number of likely N-dealkylation sites (N-methyl/N-ethyl adjacent to an activating group) is 2. The normalized spacial score (nSPS) is 14.0. The molecule has 0 saturated carbocycles. The lowest BCUT2D eigenvalue weighted by Gasteiger charge is -2.31. The first-order chi connectivity index (χ1) is 23.5. The van der Waals surface area contributed by atoms with E-state index in [0.717, 1.165) is 10.5 Å². The molecule has 0 radical (unpaired) electrons. The van der Waals surface area contributed by atoms with E-state index in [9.17, 15) is 28.0 Å². The Bertz CT molecular complexity index is 1170. The maximum absolute atomic E-state index is 13.4. The molecular formula is C37H62F2N2O10. The smallest absolute Gasteiger partial charge is 0.410 e. The van der Waals surface area contributed by atoms with Crippen LogP contribution >= 0.6 is 0 Å². The van der Waals surface area contributed by atoms with Gasteiger partial charge in [-0.2, -0.15) is 0 Å². The fourth-order valence-corrected chi connectivity index (χ4v) is 4.24. The minimum Gasteiger partial charge on any atom is -0.456 e. The minimum atomic E-state index is -1.21. The summed E-state index contributed by atoms with van der Waals surface area (Å²) >= 11 is 0. The van der Waals surface area contributed by atoms with E-state index in [4.69, 9.17) is 28.8 Å². The Morgan fingerprint density at radius 2 is 1.10 bits per heavy atom. The van der Waals surface area contributed by atoms with Gasteiger partial charge in [0.15, 0.2) is 12.2 Å². The van der Waals surface area contributed by atoms with E-state index in [1.54, 1.807) is 41.5 Å². The maximum Gasteiger partial charge on any atom is 0.410 e. The highest BCUT2D eigenvalue weighted by Gasteiger charge is 2.34. The molecule has 1 aromatic carbocycles. The summed E-state index contributed by atoms with van der Waals surface area (Å²) in [6.07, 6.45) is -2.81. The van der Waals surface area contributed by atoms with E-state index < -0.39 is 79.6 Å². The zero-order valence-corrected chi connectivity index (χ0v) is 32.6. The van der Waals surface area contributed by atoms with Gasteiger partial charge in [0.1, 0.15) is 36.6 Å². The summed E-state index contributed by atoms with van der Waals surface area (Å²) in [7, 11) is 2.92. The van der Waals surface area contributed by atoms with Crippen LogP contribution in [0.4, 0.5) is 18.4 Å². The van der Waals surface area contributed by atoms with Crippen LogP contribution < -0.4 is 0 Å². The molecule has 294 valence electrons. The SMILES string of the molecule is CC(C)C[C@@H](C(=O)O[C@@H](CO)CF)N(C)C(=O)OC(C)(C)C.CC(C)C[C@@H](C(=O)O[C@H](CF)COCc1ccccc1)N(C)C(=O)OC(C)(C)C. The van der Waals surface area contributed by atoms with Crippen molar-refractivity contribution in [2.75, 3.05) is 40.7 Å². The van der Waals surface area contributed by atoms with Crippen LogP contribution in [-0.4, -0.2) is 115 Å². The number of aliphatic hydroxyl groups excluding tert-OH is 1. The number of benzene rings is 1. The highest BCUT2D eigenvalue weighted by molar-refractivity contribution is 5.82. The summed E-state index contributed by atoms with van der Waals surface area (Å²) in [5.41, 5.74) is -0.437. The average Bonchev–Trinajstić information content (AvgIpc) is 3.02. The zero-order chi connectivity index (χ0) is 39.5.